The van der Waals surface area contributed by atoms with Crippen molar-refractivity contribution in [2.45, 2.75) is 4.83 Å². The van der Waals surface area contributed by atoms with Crippen LogP contribution in [0.5, 0.6) is 0 Å². The number of alkyl halides is 1. The summed E-state index contributed by atoms with van der Waals surface area (Å²) < 4.78 is 0. The molecule has 1 aromatic carbocycles. The average Bonchev–Trinajstić information content (AvgIpc) is 2.03. The van der Waals surface area contributed by atoms with E-state index in [1.165, 1.54) is 0 Å². The highest BCUT2D eigenvalue weighted by atomic mass is 79.9. The molecule has 1 aromatic rings. The minimum Gasteiger partial charge on any atom is -0.395 e. The summed E-state index contributed by atoms with van der Waals surface area (Å²) in [6, 6.07) is 5.19. The van der Waals surface area contributed by atoms with Crippen molar-refractivity contribution in [1.82, 2.24) is 0 Å². The number of halogens is 3. The van der Waals surface area contributed by atoms with Crippen LogP contribution in [0.3, 0.4) is 0 Å². The van der Waals surface area contributed by atoms with Gasteiger partial charge in [0.05, 0.1) is 11.4 Å². The van der Waals surface area contributed by atoms with Crippen LogP contribution in [0, 0.1) is 0 Å². The van der Waals surface area contributed by atoms with Crippen LogP contribution in [0.2, 0.25) is 10.0 Å². The standard InChI is InChI=1S/C8H7BrCl2O/c9-7(4-12)6-2-1-5(10)3-8(6)11/h1-3,7,12H,4H2/t7-/m1/s1. The molecule has 0 fully saturated rings. The van der Waals surface area contributed by atoms with Crippen molar-refractivity contribution in [3.63, 3.8) is 0 Å². The van der Waals surface area contributed by atoms with E-state index in [1.807, 2.05) is 0 Å². The van der Waals surface area contributed by atoms with Crippen LogP contribution in [-0.2, 0) is 0 Å². The highest BCUT2D eigenvalue weighted by Crippen LogP contribution is 2.30. The molecule has 0 radical (unpaired) electrons. The van der Waals surface area contributed by atoms with Gasteiger partial charge in [-0.05, 0) is 17.7 Å². The molecule has 0 aliphatic rings. The van der Waals surface area contributed by atoms with E-state index in [0.29, 0.717) is 10.0 Å². The van der Waals surface area contributed by atoms with E-state index < -0.39 is 0 Å². The third-order valence-corrected chi connectivity index (χ3v) is 2.81. The fraction of sp³-hybridized carbons (Fsp3) is 0.250. The smallest absolute Gasteiger partial charge is 0.0640 e. The molecule has 4 heteroatoms. The molecule has 0 saturated carbocycles. The molecule has 1 N–H and O–H groups in total. The van der Waals surface area contributed by atoms with E-state index in [1.54, 1.807) is 18.2 Å². The molecule has 0 aromatic heterocycles. The van der Waals surface area contributed by atoms with Crippen molar-refractivity contribution in [3.8, 4) is 0 Å². The Hall–Kier alpha value is 0.240. The number of hydrogen-bond acceptors (Lipinski definition) is 1. The van der Waals surface area contributed by atoms with Gasteiger partial charge in [-0.3, -0.25) is 0 Å². The maximum absolute atomic E-state index is 8.84. The van der Waals surface area contributed by atoms with Crippen LogP contribution in [0.25, 0.3) is 0 Å². The predicted molar refractivity (Wildman–Crippen MR) is 55.2 cm³/mol. The molecule has 0 aliphatic heterocycles. The molecule has 1 nitrogen and oxygen atoms in total. The van der Waals surface area contributed by atoms with Crippen LogP contribution >= 0.6 is 39.1 Å². The molecule has 1 atom stereocenters. The van der Waals surface area contributed by atoms with Crippen molar-refractivity contribution in [2.24, 2.45) is 0 Å². The van der Waals surface area contributed by atoms with Crippen molar-refractivity contribution in [2.75, 3.05) is 6.61 Å². The first-order valence-electron chi connectivity index (χ1n) is 3.35. The third kappa shape index (κ3) is 2.36. The van der Waals surface area contributed by atoms with Gasteiger partial charge < -0.3 is 5.11 Å². The van der Waals surface area contributed by atoms with Gasteiger partial charge in [-0.25, -0.2) is 0 Å². The van der Waals surface area contributed by atoms with Crippen molar-refractivity contribution in [3.05, 3.63) is 33.8 Å². The quantitative estimate of drug-likeness (QED) is 0.816. The van der Waals surface area contributed by atoms with E-state index in [0.717, 1.165) is 5.56 Å². The minimum absolute atomic E-state index is 0.0152. The van der Waals surface area contributed by atoms with Crippen LogP contribution < -0.4 is 0 Å². The van der Waals surface area contributed by atoms with E-state index >= 15 is 0 Å². The summed E-state index contributed by atoms with van der Waals surface area (Å²) in [5, 5.41) is 10.0. The number of aliphatic hydroxyl groups excluding tert-OH is 1. The van der Waals surface area contributed by atoms with Gasteiger partial charge in [0.1, 0.15) is 0 Å². The van der Waals surface area contributed by atoms with Crippen molar-refractivity contribution >= 4 is 39.1 Å². The first-order valence-corrected chi connectivity index (χ1v) is 5.02. The summed E-state index contributed by atoms with van der Waals surface area (Å²) in [7, 11) is 0. The second-order valence-electron chi connectivity index (χ2n) is 2.32. The Balaban J connectivity index is 3.01. The van der Waals surface area contributed by atoms with Crippen LogP contribution in [-0.4, -0.2) is 11.7 Å². The van der Waals surface area contributed by atoms with Crippen LogP contribution in [0.4, 0.5) is 0 Å². The molecule has 0 bridgehead atoms. The number of rotatable bonds is 2. The largest absolute Gasteiger partial charge is 0.395 e. The summed E-state index contributed by atoms with van der Waals surface area (Å²) >= 11 is 14.9. The molecule has 0 aliphatic carbocycles. The molecular weight excluding hydrogens is 263 g/mol. The Morgan fingerprint density at radius 1 is 1.42 bits per heavy atom. The predicted octanol–water partition coefficient (Wildman–Crippen LogP) is 3.42. The lowest BCUT2D eigenvalue weighted by Crippen LogP contribution is -1.95. The average molecular weight is 270 g/mol. The highest BCUT2D eigenvalue weighted by molar-refractivity contribution is 9.09. The van der Waals surface area contributed by atoms with Gasteiger partial charge >= 0.3 is 0 Å². The normalized spacial score (nSPS) is 13.0. The van der Waals surface area contributed by atoms with Gasteiger partial charge in [0, 0.05) is 10.0 Å². The monoisotopic (exact) mass is 268 g/mol. The zero-order valence-electron chi connectivity index (χ0n) is 6.10. The van der Waals surface area contributed by atoms with E-state index in [9.17, 15) is 0 Å². The summed E-state index contributed by atoms with van der Waals surface area (Å²) in [5.41, 5.74) is 0.851. The van der Waals surface area contributed by atoms with Gasteiger partial charge in [0.25, 0.3) is 0 Å². The van der Waals surface area contributed by atoms with Crippen LogP contribution in [0.15, 0.2) is 18.2 Å². The van der Waals surface area contributed by atoms with Gasteiger partial charge in [-0.15, -0.1) is 0 Å². The molecule has 0 amide bonds. The molecule has 0 saturated heterocycles. The fourth-order valence-corrected chi connectivity index (χ4v) is 1.93. The van der Waals surface area contributed by atoms with E-state index in [2.05, 4.69) is 15.9 Å². The number of hydrogen-bond donors (Lipinski definition) is 1. The zero-order valence-corrected chi connectivity index (χ0v) is 9.20. The Labute approximate surface area is 89.4 Å². The molecule has 1 rings (SSSR count). The molecule has 12 heavy (non-hydrogen) atoms. The lowest BCUT2D eigenvalue weighted by Gasteiger charge is -2.08. The fourth-order valence-electron chi connectivity index (χ4n) is 0.854. The molecule has 66 valence electrons. The van der Waals surface area contributed by atoms with E-state index in [-0.39, 0.29) is 11.4 Å². The maximum Gasteiger partial charge on any atom is 0.0640 e. The SMILES string of the molecule is OC[C@@H](Br)c1ccc(Cl)cc1Cl. The summed E-state index contributed by atoms with van der Waals surface area (Å²) in [6.45, 7) is 0.0152. The lowest BCUT2D eigenvalue weighted by molar-refractivity contribution is 0.298. The third-order valence-electron chi connectivity index (χ3n) is 1.46. The minimum atomic E-state index is -0.123. The Morgan fingerprint density at radius 2 is 2.08 bits per heavy atom. The van der Waals surface area contributed by atoms with Gasteiger partial charge in [-0.1, -0.05) is 45.2 Å². The number of benzene rings is 1. The Kier molecular flexibility index (Phi) is 3.84. The topological polar surface area (TPSA) is 20.2 Å². The van der Waals surface area contributed by atoms with E-state index in [4.69, 9.17) is 28.3 Å². The molecule has 0 unspecified atom stereocenters. The van der Waals surface area contributed by atoms with Crippen LogP contribution in [0.1, 0.15) is 10.4 Å². The number of aliphatic hydroxyl groups is 1. The van der Waals surface area contributed by atoms with Gasteiger partial charge in [0.2, 0.25) is 0 Å². The first kappa shape index (κ1) is 10.3. The molecule has 0 heterocycles. The second kappa shape index (κ2) is 4.47. The lowest BCUT2D eigenvalue weighted by atomic mass is 10.2. The van der Waals surface area contributed by atoms with Crippen molar-refractivity contribution < 1.29 is 5.11 Å². The molecular formula is C8H7BrCl2O. The second-order valence-corrected chi connectivity index (χ2v) is 4.26. The molecule has 0 spiro atoms. The Bertz CT molecular complexity index is 278. The van der Waals surface area contributed by atoms with Crippen molar-refractivity contribution in [1.29, 1.82) is 0 Å². The summed E-state index contributed by atoms with van der Waals surface area (Å²) in [5.74, 6) is 0. The summed E-state index contributed by atoms with van der Waals surface area (Å²) in [6.07, 6.45) is 0. The zero-order chi connectivity index (χ0) is 9.14. The van der Waals surface area contributed by atoms with Gasteiger partial charge in [-0.2, -0.15) is 0 Å². The maximum atomic E-state index is 8.84. The Morgan fingerprint density at radius 3 is 2.58 bits per heavy atom. The highest BCUT2D eigenvalue weighted by Gasteiger charge is 2.09. The summed E-state index contributed by atoms with van der Waals surface area (Å²) in [4.78, 5) is -0.123. The van der Waals surface area contributed by atoms with Gasteiger partial charge in [0.15, 0.2) is 0 Å². The first-order chi connectivity index (χ1) is 5.65.